The summed E-state index contributed by atoms with van der Waals surface area (Å²) < 4.78 is 5.85. The molecule has 0 heterocycles. The van der Waals surface area contributed by atoms with Gasteiger partial charge in [-0.2, -0.15) is 0 Å². The molecule has 4 aliphatic rings. The zero-order valence-corrected chi connectivity index (χ0v) is 22.7. The van der Waals surface area contributed by atoms with Crippen LogP contribution < -0.4 is 5.32 Å². The minimum Gasteiger partial charge on any atom is -0.381 e. The quantitative estimate of drug-likeness (QED) is 0.440. The average molecular weight is 466 g/mol. The Morgan fingerprint density at radius 3 is 2.41 bits per heavy atom. The van der Waals surface area contributed by atoms with Crippen LogP contribution in [0.5, 0.6) is 0 Å². The van der Waals surface area contributed by atoms with E-state index in [1.807, 2.05) is 0 Å². The monoisotopic (exact) mass is 465 g/mol. The Morgan fingerprint density at radius 1 is 0.912 bits per heavy atom. The van der Waals surface area contributed by atoms with E-state index in [2.05, 4.69) is 70.3 Å². The molecule has 0 bridgehead atoms. The summed E-state index contributed by atoms with van der Waals surface area (Å²) in [5, 5.41) is 4.03. The van der Waals surface area contributed by atoms with Crippen molar-refractivity contribution < 1.29 is 4.74 Å². The maximum Gasteiger partial charge on any atom is 0.0494 e. The zero-order valence-electron chi connectivity index (χ0n) is 22.7. The minimum atomic E-state index is 0.427. The predicted octanol–water partition coefficient (Wildman–Crippen LogP) is 8.04. The predicted molar refractivity (Wildman–Crippen MR) is 143 cm³/mol. The third kappa shape index (κ3) is 4.30. The molecule has 4 aliphatic carbocycles. The lowest BCUT2D eigenvalue weighted by molar-refractivity contribution is -0.123. The van der Waals surface area contributed by atoms with Crippen molar-refractivity contribution in [1.29, 1.82) is 0 Å². The van der Waals surface area contributed by atoms with E-state index in [0.717, 1.165) is 48.7 Å². The van der Waals surface area contributed by atoms with Gasteiger partial charge in [-0.15, -0.1) is 0 Å². The summed E-state index contributed by atoms with van der Waals surface area (Å²) in [6.07, 6.45) is 13.1. The molecule has 0 spiro atoms. The van der Waals surface area contributed by atoms with Crippen LogP contribution >= 0.6 is 0 Å². The summed E-state index contributed by atoms with van der Waals surface area (Å²) in [6, 6.07) is 12.0. The molecular weight excluding hydrogens is 414 g/mol. The maximum absolute atomic E-state index is 5.85. The van der Waals surface area contributed by atoms with E-state index >= 15 is 0 Å². The standard InChI is InChI=1S/C32H51NO/c1-6-34-21-24-16-18-31(4)26(20-24)12-13-27-29-15-14-28(32(29,5)19-17-30(27)31)23(3)33-22(2)25-10-8-7-9-11-25/h7-11,22-24,26-30,33H,6,12-21H2,1-5H3. The smallest absolute Gasteiger partial charge is 0.0494 e. The molecule has 2 heteroatoms. The summed E-state index contributed by atoms with van der Waals surface area (Å²) in [5.74, 6) is 5.48. The van der Waals surface area contributed by atoms with Crippen molar-refractivity contribution in [2.45, 2.75) is 104 Å². The highest BCUT2D eigenvalue weighted by Gasteiger charge is 2.60. The number of nitrogens with one attached hydrogen (secondary N) is 1. The van der Waals surface area contributed by atoms with Crippen LogP contribution in [0.2, 0.25) is 0 Å². The van der Waals surface area contributed by atoms with Crippen molar-refractivity contribution >= 4 is 0 Å². The molecule has 1 aromatic carbocycles. The fourth-order valence-electron chi connectivity index (χ4n) is 9.99. The summed E-state index contributed by atoms with van der Waals surface area (Å²) in [6.45, 7) is 14.3. The van der Waals surface area contributed by atoms with Gasteiger partial charge < -0.3 is 10.1 Å². The van der Waals surface area contributed by atoms with Crippen molar-refractivity contribution in [3.05, 3.63) is 35.9 Å². The van der Waals surface area contributed by atoms with Crippen LogP contribution in [0, 0.1) is 46.3 Å². The normalized spacial score (nSPS) is 43.4. The molecule has 190 valence electrons. The van der Waals surface area contributed by atoms with Gasteiger partial charge in [0.25, 0.3) is 0 Å². The Kier molecular flexibility index (Phi) is 7.22. The summed E-state index contributed by atoms with van der Waals surface area (Å²) >= 11 is 0. The van der Waals surface area contributed by atoms with Gasteiger partial charge in [0.2, 0.25) is 0 Å². The molecule has 0 amide bonds. The molecule has 10 unspecified atom stereocenters. The van der Waals surface area contributed by atoms with Gasteiger partial charge in [0.15, 0.2) is 0 Å². The molecule has 1 N–H and O–H groups in total. The first-order chi connectivity index (χ1) is 16.4. The molecular formula is C32H51NO. The fraction of sp³-hybridized carbons (Fsp3) is 0.812. The van der Waals surface area contributed by atoms with Gasteiger partial charge in [-0.3, -0.25) is 0 Å². The van der Waals surface area contributed by atoms with Gasteiger partial charge in [0, 0.05) is 25.3 Å². The van der Waals surface area contributed by atoms with Crippen LogP contribution in [-0.2, 0) is 4.74 Å². The van der Waals surface area contributed by atoms with Gasteiger partial charge in [0.05, 0.1) is 0 Å². The molecule has 4 fully saturated rings. The molecule has 2 nitrogen and oxygen atoms in total. The van der Waals surface area contributed by atoms with Crippen molar-refractivity contribution in [2.24, 2.45) is 46.3 Å². The molecule has 0 radical (unpaired) electrons. The number of ether oxygens (including phenoxy) is 1. The molecule has 0 aromatic heterocycles. The van der Waals surface area contributed by atoms with Crippen LogP contribution in [0.25, 0.3) is 0 Å². The van der Waals surface area contributed by atoms with Crippen LogP contribution in [0.1, 0.15) is 104 Å². The van der Waals surface area contributed by atoms with Gasteiger partial charge in [-0.05, 0) is 130 Å². The highest BCUT2D eigenvalue weighted by atomic mass is 16.5. The largest absolute Gasteiger partial charge is 0.381 e. The second kappa shape index (κ2) is 9.89. The Balaban J connectivity index is 1.26. The molecule has 0 aliphatic heterocycles. The van der Waals surface area contributed by atoms with Crippen LogP contribution in [0.3, 0.4) is 0 Å². The molecule has 4 saturated carbocycles. The van der Waals surface area contributed by atoms with E-state index in [0.29, 0.717) is 22.9 Å². The topological polar surface area (TPSA) is 21.3 Å². The van der Waals surface area contributed by atoms with Crippen LogP contribution in [0.15, 0.2) is 30.3 Å². The number of fused-ring (bicyclic) bond motifs is 5. The van der Waals surface area contributed by atoms with E-state index in [-0.39, 0.29) is 0 Å². The zero-order chi connectivity index (χ0) is 23.9. The van der Waals surface area contributed by atoms with E-state index in [4.69, 9.17) is 4.74 Å². The van der Waals surface area contributed by atoms with E-state index < -0.39 is 0 Å². The molecule has 0 saturated heterocycles. The van der Waals surface area contributed by atoms with Gasteiger partial charge in [0.1, 0.15) is 0 Å². The van der Waals surface area contributed by atoms with E-state index in [1.54, 1.807) is 0 Å². The first-order valence-electron chi connectivity index (χ1n) is 14.8. The van der Waals surface area contributed by atoms with Crippen LogP contribution in [0.4, 0.5) is 0 Å². The first-order valence-corrected chi connectivity index (χ1v) is 14.8. The first kappa shape index (κ1) is 24.8. The van der Waals surface area contributed by atoms with Gasteiger partial charge in [-0.25, -0.2) is 0 Å². The molecule has 34 heavy (non-hydrogen) atoms. The fourth-order valence-corrected chi connectivity index (χ4v) is 9.99. The second-order valence-corrected chi connectivity index (χ2v) is 13.3. The second-order valence-electron chi connectivity index (χ2n) is 13.3. The number of hydrogen-bond donors (Lipinski definition) is 1. The molecule has 1 aromatic rings. The third-order valence-corrected chi connectivity index (χ3v) is 11.8. The summed E-state index contributed by atoms with van der Waals surface area (Å²) in [5.41, 5.74) is 2.54. The van der Waals surface area contributed by atoms with Crippen molar-refractivity contribution in [1.82, 2.24) is 5.32 Å². The van der Waals surface area contributed by atoms with Crippen molar-refractivity contribution in [2.75, 3.05) is 13.2 Å². The summed E-state index contributed by atoms with van der Waals surface area (Å²) in [7, 11) is 0. The lowest BCUT2D eigenvalue weighted by Gasteiger charge is -2.61. The third-order valence-electron chi connectivity index (χ3n) is 11.8. The van der Waals surface area contributed by atoms with Crippen molar-refractivity contribution in [3.8, 4) is 0 Å². The minimum absolute atomic E-state index is 0.427. The molecule has 10 atom stereocenters. The Labute approximate surface area is 210 Å². The number of benzene rings is 1. The average Bonchev–Trinajstić information content (AvgIpc) is 3.20. The summed E-state index contributed by atoms with van der Waals surface area (Å²) in [4.78, 5) is 0. The molecule has 5 rings (SSSR count). The van der Waals surface area contributed by atoms with E-state index in [9.17, 15) is 0 Å². The SMILES string of the molecule is CCOCC1CCC2(C)C(CCC3C2CCC2(C)C(C(C)NC(C)c4ccccc4)CCC32)C1. The Hall–Kier alpha value is -0.860. The Bertz CT molecular complexity index is 808. The van der Waals surface area contributed by atoms with Crippen LogP contribution in [-0.4, -0.2) is 19.3 Å². The van der Waals surface area contributed by atoms with Gasteiger partial charge >= 0.3 is 0 Å². The number of hydrogen-bond acceptors (Lipinski definition) is 2. The van der Waals surface area contributed by atoms with E-state index in [1.165, 1.54) is 63.4 Å². The Morgan fingerprint density at radius 2 is 1.65 bits per heavy atom. The highest BCUT2D eigenvalue weighted by molar-refractivity contribution is 5.18. The highest BCUT2D eigenvalue weighted by Crippen LogP contribution is 2.68. The lowest BCUT2D eigenvalue weighted by atomic mass is 9.44. The van der Waals surface area contributed by atoms with Crippen molar-refractivity contribution in [3.63, 3.8) is 0 Å². The van der Waals surface area contributed by atoms with Gasteiger partial charge in [-0.1, -0.05) is 44.2 Å². The number of rotatable bonds is 7. The lowest BCUT2D eigenvalue weighted by Crippen LogP contribution is -2.54. The maximum atomic E-state index is 5.85.